The Bertz CT molecular complexity index is 523. The Labute approximate surface area is 168 Å². The molecule has 0 aliphatic carbocycles. The lowest BCUT2D eigenvalue weighted by atomic mass is 9.98. The largest absolute Gasteiger partial charge is 0.356 e. The molecule has 1 aliphatic heterocycles. The lowest BCUT2D eigenvalue weighted by Gasteiger charge is -2.33. The van der Waals surface area contributed by atoms with Crippen molar-refractivity contribution in [2.45, 2.75) is 26.3 Å². The molecule has 1 aliphatic rings. The van der Waals surface area contributed by atoms with Gasteiger partial charge in [0.1, 0.15) is 0 Å². The van der Waals surface area contributed by atoms with Crippen LogP contribution in [0.15, 0.2) is 29.3 Å². The number of piperidine rings is 1. The van der Waals surface area contributed by atoms with Crippen LogP contribution in [-0.4, -0.2) is 56.0 Å². The highest BCUT2D eigenvalue weighted by Gasteiger charge is 2.19. The fraction of sp³-hybridized carbons (Fsp3) is 0.611. The number of aliphatic imine (C=N–C) groups is 1. The number of hydrogen-bond donors (Lipinski definition) is 1. The molecule has 0 radical (unpaired) electrons. The minimum absolute atomic E-state index is 0. The highest BCUT2D eigenvalue weighted by Crippen LogP contribution is 2.15. The summed E-state index contributed by atoms with van der Waals surface area (Å²) in [6, 6.07) is 7.99. The molecule has 1 fully saturated rings. The van der Waals surface area contributed by atoms with Gasteiger partial charge in [-0.05, 0) is 49.5 Å². The van der Waals surface area contributed by atoms with Crippen molar-refractivity contribution in [2.24, 2.45) is 10.9 Å². The average Bonchev–Trinajstić information content (AvgIpc) is 2.55. The molecule has 0 saturated carbocycles. The lowest BCUT2D eigenvalue weighted by molar-refractivity contribution is 0.183. The maximum atomic E-state index is 6.06. The third-order valence-corrected chi connectivity index (χ3v) is 4.72. The molecule has 1 aromatic rings. The van der Waals surface area contributed by atoms with Crippen molar-refractivity contribution >= 4 is 41.5 Å². The molecule has 24 heavy (non-hydrogen) atoms. The summed E-state index contributed by atoms with van der Waals surface area (Å²) >= 11 is 6.06. The van der Waals surface area contributed by atoms with Crippen molar-refractivity contribution in [2.75, 3.05) is 40.3 Å². The number of nitrogens with one attached hydrogen (secondary N) is 1. The van der Waals surface area contributed by atoms with E-state index in [0.29, 0.717) is 5.92 Å². The second-order valence-corrected chi connectivity index (χ2v) is 6.75. The maximum absolute atomic E-state index is 6.06. The molecule has 1 heterocycles. The highest BCUT2D eigenvalue weighted by molar-refractivity contribution is 14.0. The monoisotopic (exact) mass is 464 g/mol. The van der Waals surface area contributed by atoms with Gasteiger partial charge in [-0.15, -0.1) is 24.0 Å². The van der Waals surface area contributed by atoms with E-state index >= 15 is 0 Å². The molecule has 1 atom stereocenters. The molecule has 0 amide bonds. The Balaban J connectivity index is 0.00000288. The SMILES string of the molecule is CCN1CCCC(CNC(=NC)N(C)Cc2cccc(Cl)c2)C1.I. The van der Waals surface area contributed by atoms with Gasteiger partial charge in [0.15, 0.2) is 5.96 Å². The van der Waals surface area contributed by atoms with Crippen LogP contribution in [0.2, 0.25) is 5.02 Å². The van der Waals surface area contributed by atoms with Gasteiger partial charge in [0.25, 0.3) is 0 Å². The van der Waals surface area contributed by atoms with Crippen LogP contribution in [0.25, 0.3) is 0 Å². The third kappa shape index (κ3) is 6.76. The van der Waals surface area contributed by atoms with Gasteiger partial charge in [0, 0.05) is 38.8 Å². The van der Waals surface area contributed by atoms with Gasteiger partial charge in [-0.25, -0.2) is 0 Å². The topological polar surface area (TPSA) is 30.9 Å². The molecule has 1 N–H and O–H groups in total. The first-order valence-corrected chi connectivity index (χ1v) is 8.88. The van der Waals surface area contributed by atoms with Crippen LogP contribution in [-0.2, 0) is 6.54 Å². The van der Waals surface area contributed by atoms with Crippen molar-refractivity contribution in [3.63, 3.8) is 0 Å². The minimum atomic E-state index is 0. The van der Waals surface area contributed by atoms with Crippen molar-refractivity contribution in [3.8, 4) is 0 Å². The van der Waals surface area contributed by atoms with Gasteiger partial charge < -0.3 is 15.1 Å². The number of guanidine groups is 1. The van der Waals surface area contributed by atoms with E-state index in [4.69, 9.17) is 11.6 Å². The standard InChI is InChI=1S/C18H29ClN4.HI/c1-4-23-10-6-8-16(14-23)12-21-18(20-2)22(3)13-15-7-5-9-17(19)11-15;/h5,7,9,11,16H,4,6,8,10,12-14H2,1-3H3,(H,20,21);1H. The Morgan fingerprint density at radius 3 is 2.92 bits per heavy atom. The third-order valence-electron chi connectivity index (χ3n) is 4.48. The molecule has 2 rings (SSSR count). The summed E-state index contributed by atoms with van der Waals surface area (Å²) in [4.78, 5) is 9.10. The van der Waals surface area contributed by atoms with Crippen LogP contribution in [0.4, 0.5) is 0 Å². The summed E-state index contributed by atoms with van der Waals surface area (Å²) in [5.41, 5.74) is 1.19. The zero-order valence-electron chi connectivity index (χ0n) is 15.0. The van der Waals surface area contributed by atoms with Crippen LogP contribution in [0, 0.1) is 5.92 Å². The first kappa shape index (κ1) is 21.5. The van der Waals surface area contributed by atoms with E-state index in [-0.39, 0.29) is 24.0 Å². The number of halogens is 2. The predicted molar refractivity (Wildman–Crippen MR) is 115 cm³/mol. The lowest BCUT2D eigenvalue weighted by Crippen LogP contribution is -2.44. The predicted octanol–water partition coefficient (Wildman–Crippen LogP) is 3.70. The second-order valence-electron chi connectivity index (χ2n) is 6.32. The molecular weight excluding hydrogens is 435 g/mol. The van der Waals surface area contributed by atoms with Crippen LogP contribution in [0.5, 0.6) is 0 Å². The number of nitrogens with zero attached hydrogens (tertiary/aromatic N) is 3. The molecule has 1 unspecified atom stereocenters. The van der Waals surface area contributed by atoms with E-state index in [1.807, 2.05) is 25.2 Å². The summed E-state index contributed by atoms with van der Waals surface area (Å²) in [5, 5.41) is 4.31. The van der Waals surface area contributed by atoms with E-state index in [1.54, 1.807) is 0 Å². The average molecular weight is 465 g/mol. The van der Waals surface area contributed by atoms with Gasteiger partial charge in [-0.1, -0.05) is 30.7 Å². The van der Waals surface area contributed by atoms with E-state index in [9.17, 15) is 0 Å². The van der Waals surface area contributed by atoms with Gasteiger partial charge in [0.2, 0.25) is 0 Å². The first-order chi connectivity index (χ1) is 11.1. The first-order valence-electron chi connectivity index (χ1n) is 8.51. The molecular formula is C18H30ClIN4. The Morgan fingerprint density at radius 2 is 2.25 bits per heavy atom. The number of likely N-dealkylation sites (tertiary alicyclic amines) is 1. The summed E-state index contributed by atoms with van der Waals surface area (Å²) in [5.74, 6) is 1.65. The molecule has 1 saturated heterocycles. The van der Waals surface area contributed by atoms with Crippen LogP contribution >= 0.6 is 35.6 Å². The van der Waals surface area contributed by atoms with E-state index in [1.165, 1.54) is 31.5 Å². The fourth-order valence-corrected chi connectivity index (χ4v) is 3.42. The molecule has 6 heteroatoms. The smallest absolute Gasteiger partial charge is 0.193 e. The quantitative estimate of drug-likeness (QED) is 0.409. The number of hydrogen-bond acceptors (Lipinski definition) is 2. The zero-order chi connectivity index (χ0) is 16.7. The molecule has 1 aromatic carbocycles. The van der Waals surface area contributed by atoms with Crippen LogP contribution in [0.1, 0.15) is 25.3 Å². The van der Waals surface area contributed by atoms with Gasteiger partial charge in [-0.3, -0.25) is 4.99 Å². The van der Waals surface area contributed by atoms with E-state index in [0.717, 1.165) is 30.6 Å². The normalized spacial score (nSPS) is 18.8. The van der Waals surface area contributed by atoms with Gasteiger partial charge >= 0.3 is 0 Å². The Hall–Kier alpha value is -0.530. The second kappa shape index (κ2) is 11.2. The van der Waals surface area contributed by atoms with Crippen LogP contribution in [0.3, 0.4) is 0 Å². The molecule has 4 nitrogen and oxygen atoms in total. The van der Waals surface area contributed by atoms with Gasteiger partial charge in [-0.2, -0.15) is 0 Å². The minimum Gasteiger partial charge on any atom is -0.356 e. The Kier molecular flexibility index (Phi) is 10.0. The number of benzene rings is 1. The van der Waals surface area contributed by atoms with Crippen molar-refractivity contribution in [1.29, 1.82) is 0 Å². The molecule has 0 spiro atoms. The van der Waals surface area contributed by atoms with Crippen molar-refractivity contribution < 1.29 is 0 Å². The summed E-state index contributed by atoms with van der Waals surface area (Å²) in [7, 11) is 3.91. The maximum Gasteiger partial charge on any atom is 0.193 e. The van der Waals surface area contributed by atoms with Crippen molar-refractivity contribution in [1.82, 2.24) is 15.1 Å². The van der Waals surface area contributed by atoms with Gasteiger partial charge in [0.05, 0.1) is 0 Å². The number of rotatable bonds is 5. The van der Waals surface area contributed by atoms with Crippen LogP contribution < -0.4 is 5.32 Å². The Morgan fingerprint density at radius 1 is 1.46 bits per heavy atom. The summed E-state index contributed by atoms with van der Waals surface area (Å²) in [6.07, 6.45) is 2.61. The van der Waals surface area contributed by atoms with E-state index < -0.39 is 0 Å². The summed E-state index contributed by atoms with van der Waals surface area (Å²) in [6.45, 7) is 7.62. The molecule has 136 valence electrons. The van der Waals surface area contributed by atoms with E-state index in [2.05, 4.69) is 40.1 Å². The fourth-order valence-electron chi connectivity index (χ4n) is 3.21. The van der Waals surface area contributed by atoms with Crippen molar-refractivity contribution in [3.05, 3.63) is 34.9 Å². The molecule has 0 aromatic heterocycles. The zero-order valence-corrected chi connectivity index (χ0v) is 18.1. The summed E-state index contributed by atoms with van der Waals surface area (Å²) < 4.78 is 0. The highest BCUT2D eigenvalue weighted by atomic mass is 127. The molecule has 0 bridgehead atoms.